The second kappa shape index (κ2) is 3.90. The zero-order chi connectivity index (χ0) is 8.97. The van der Waals surface area contributed by atoms with E-state index in [2.05, 4.69) is 4.98 Å². The van der Waals surface area contributed by atoms with E-state index in [4.69, 9.17) is 10.00 Å². The maximum Gasteiger partial charge on any atom is 0.196 e. The van der Waals surface area contributed by atoms with E-state index in [1.807, 2.05) is 6.07 Å². The normalized spacial score (nSPS) is 12.4. The molecule has 0 saturated carbocycles. The number of aromatic amines is 1. The monoisotopic (exact) mass is 166 g/mol. The first-order valence-electron chi connectivity index (χ1n) is 3.66. The molecular weight excluding hydrogens is 156 g/mol. The van der Waals surface area contributed by atoms with Crippen LogP contribution in [0.15, 0.2) is 12.1 Å². The third-order valence-corrected chi connectivity index (χ3v) is 1.42. The van der Waals surface area contributed by atoms with Crippen molar-refractivity contribution in [3.8, 4) is 6.07 Å². The van der Waals surface area contributed by atoms with Crippen LogP contribution in [0.2, 0.25) is 0 Å². The van der Waals surface area contributed by atoms with Crippen LogP contribution in [-0.4, -0.2) is 16.7 Å². The molecule has 4 nitrogen and oxygen atoms in total. The third kappa shape index (κ3) is 1.84. The van der Waals surface area contributed by atoms with Gasteiger partial charge in [0.25, 0.3) is 0 Å². The molecule has 0 bridgehead atoms. The summed E-state index contributed by atoms with van der Waals surface area (Å²) in [5.74, 6) is 0. The number of rotatable bonds is 3. The molecule has 0 amide bonds. The third-order valence-electron chi connectivity index (χ3n) is 1.42. The Hall–Kier alpha value is -1.31. The van der Waals surface area contributed by atoms with Gasteiger partial charge < -0.3 is 14.8 Å². The predicted molar refractivity (Wildman–Crippen MR) is 42.1 cm³/mol. The molecular formula is C8H10N2O2. The zero-order valence-corrected chi connectivity index (χ0v) is 6.74. The van der Waals surface area contributed by atoms with Crippen LogP contribution in [0.1, 0.15) is 24.6 Å². The van der Waals surface area contributed by atoms with Crippen molar-refractivity contribution in [3.05, 3.63) is 23.5 Å². The summed E-state index contributed by atoms with van der Waals surface area (Å²) in [5.41, 5.74) is 0.928. The maximum absolute atomic E-state index is 9.27. The molecule has 2 N–H and O–H groups in total. The van der Waals surface area contributed by atoms with Crippen LogP contribution in [0.5, 0.6) is 0 Å². The molecule has 0 saturated heterocycles. The summed E-state index contributed by atoms with van der Waals surface area (Å²) < 4.78 is 4.90. The minimum Gasteiger partial charge on any atom is -0.363 e. The molecule has 0 spiro atoms. The van der Waals surface area contributed by atoms with Gasteiger partial charge in [-0.25, -0.2) is 0 Å². The van der Waals surface area contributed by atoms with Crippen LogP contribution < -0.4 is 0 Å². The molecule has 0 aliphatic rings. The van der Waals surface area contributed by atoms with Gasteiger partial charge in [0, 0.05) is 6.61 Å². The Balaban J connectivity index is 2.69. The molecule has 0 radical (unpaired) electrons. The summed E-state index contributed by atoms with van der Waals surface area (Å²) in [6, 6.07) is 5.14. The SMILES string of the molecule is CCOC(O)c1ccc(C#N)[nH]1. The van der Waals surface area contributed by atoms with Gasteiger partial charge in [0.15, 0.2) is 6.29 Å². The van der Waals surface area contributed by atoms with Crippen molar-refractivity contribution in [1.29, 1.82) is 5.26 Å². The molecule has 1 unspecified atom stereocenters. The minimum atomic E-state index is -0.961. The van der Waals surface area contributed by atoms with Crippen molar-refractivity contribution < 1.29 is 9.84 Å². The van der Waals surface area contributed by atoms with Gasteiger partial charge >= 0.3 is 0 Å². The van der Waals surface area contributed by atoms with Gasteiger partial charge in [0.1, 0.15) is 11.8 Å². The summed E-state index contributed by atoms with van der Waals surface area (Å²) in [6.07, 6.45) is -0.961. The summed E-state index contributed by atoms with van der Waals surface area (Å²) in [5, 5.41) is 17.7. The molecule has 0 fully saturated rings. The Kier molecular flexibility index (Phi) is 2.86. The highest BCUT2D eigenvalue weighted by Gasteiger charge is 2.08. The number of hydrogen-bond donors (Lipinski definition) is 2. The lowest BCUT2D eigenvalue weighted by molar-refractivity contribution is -0.100. The molecule has 12 heavy (non-hydrogen) atoms. The van der Waals surface area contributed by atoms with Crippen molar-refractivity contribution >= 4 is 0 Å². The minimum absolute atomic E-state index is 0.420. The summed E-state index contributed by atoms with van der Waals surface area (Å²) in [4.78, 5) is 2.71. The highest BCUT2D eigenvalue weighted by atomic mass is 16.6. The van der Waals surface area contributed by atoms with Crippen LogP contribution in [0.3, 0.4) is 0 Å². The highest BCUT2D eigenvalue weighted by Crippen LogP contribution is 2.12. The van der Waals surface area contributed by atoms with Gasteiger partial charge in [-0.15, -0.1) is 0 Å². The maximum atomic E-state index is 9.27. The first kappa shape index (κ1) is 8.78. The summed E-state index contributed by atoms with van der Waals surface area (Å²) >= 11 is 0. The van der Waals surface area contributed by atoms with Crippen molar-refractivity contribution in [2.75, 3.05) is 6.61 Å². The molecule has 1 atom stereocenters. The van der Waals surface area contributed by atoms with Crippen LogP contribution in [0.4, 0.5) is 0 Å². The summed E-state index contributed by atoms with van der Waals surface area (Å²) in [6.45, 7) is 2.22. The molecule has 0 aliphatic carbocycles. The largest absolute Gasteiger partial charge is 0.363 e. The van der Waals surface area contributed by atoms with Gasteiger partial charge in [0.05, 0.1) is 5.69 Å². The lowest BCUT2D eigenvalue weighted by Gasteiger charge is -2.07. The van der Waals surface area contributed by atoms with E-state index in [0.717, 1.165) is 0 Å². The standard InChI is InChI=1S/C8H10N2O2/c1-2-12-8(11)7-4-3-6(5-9)10-7/h3-4,8,10-11H,2H2,1H3. The Morgan fingerprint density at radius 2 is 2.50 bits per heavy atom. The van der Waals surface area contributed by atoms with E-state index in [-0.39, 0.29) is 0 Å². The molecule has 0 aromatic carbocycles. The molecule has 0 aliphatic heterocycles. The summed E-state index contributed by atoms with van der Waals surface area (Å²) in [7, 11) is 0. The number of ether oxygens (including phenoxy) is 1. The number of aliphatic hydroxyl groups is 1. The number of aliphatic hydroxyl groups excluding tert-OH is 1. The predicted octanol–water partition coefficient (Wildman–Crippen LogP) is 0.914. The Morgan fingerprint density at radius 3 is 3.00 bits per heavy atom. The Labute approximate surface area is 70.4 Å². The van der Waals surface area contributed by atoms with Gasteiger partial charge in [0.2, 0.25) is 0 Å². The van der Waals surface area contributed by atoms with Gasteiger partial charge in [-0.1, -0.05) is 0 Å². The van der Waals surface area contributed by atoms with Gasteiger partial charge in [-0.05, 0) is 19.1 Å². The average molecular weight is 166 g/mol. The fourth-order valence-electron chi connectivity index (χ4n) is 0.869. The van der Waals surface area contributed by atoms with E-state index in [1.54, 1.807) is 19.1 Å². The van der Waals surface area contributed by atoms with E-state index >= 15 is 0 Å². The molecule has 4 heteroatoms. The quantitative estimate of drug-likeness (QED) is 0.656. The van der Waals surface area contributed by atoms with E-state index in [0.29, 0.717) is 18.0 Å². The fourth-order valence-corrected chi connectivity index (χ4v) is 0.869. The first-order valence-corrected chi connectivity index (χ1v) is 3.66. The Bertz CT molecular complexity index is 287. The van der Waals surface area contributed by atoms with Crippen molar-refractivity contribution in [2.24, 2.45) is 0 Å². The first-order chi connectivity index (χ1) is 5.77. The topological polar surface area (TPSA) is 69.0 Å². The molecule has 1 heterocycles. The number of hydrogen-bond acceptors (Lipinski definition) is 3. The fraction of sp³-hybridized carbons (Fsp3) is 0.375. The molecule has 64 valence electrons. The molecule has 1 aromatic heterocycles. The van der Waals surface area contributed by atoms with E-state index in [1.165, 1.54) is 0 Å². The second-order valence-corrected chi connectivity index (χ2v) is 2.25. The zero-order valence-electron chi connectivity index (χ0n) is 6.74. The molecule has 1 aromatic rings. The smallest absolute Gasteiger partial charge is 0.196 e. The number of H-pyrrole nitrogens is 1. The number of aromatic nitrogens is 1. The van der Waals surface area contributed by atoms with Crippen molar-refractivity contribution in [1.82, 2.24) is 4.98 Å². The highest BCUT2D eigenvalue weighted by molar-refractivity contribution is 5.24. The van der Waals surface area contributed by atoms with Crippen LogP contribution in [0, 0.1) is 11.3 Å². The van der Waals surface area contributed by atoms with Gasteiger partial charge in [-0.2, -0.15) is 5.26 Å². The number of nitriles is 1. The second-order valence-electron chi connectivity index (χ2n) is 2.25. The van der Waals surface area contributed by atoms with E-state index in [9.17, 15) is 5.11 Å². The van der Waals surface area contributed by atoms with Crippen LogP contribution >= 0.6 is 0 Å². The number of nitrogens with zero attached hydrogens (tertiary/aromatic N) is 1. The van der Waals surface area contributed by atoms with Crippen LogP contribution in [0.25, 0.3) is 0 Å². The van der Waals surface area contributed by atoms with Crippen molar-refractivity contribution in [3.63, 3.8) is 0 Å². The van der Waals surface area contributed by atoms with Gasteiger partial charge in [-0.3, -0.25) is 0 Å². The number of nitrogens with one attached hydrogen (secondary N) is 1. The van der Waals surface area contributed by atoms with Crippen LogP contribution in [-0.2, 0) is 4.74 Å². The average Bonchev–Trinajstić information content (AvgIpc) is 2.52. The lowest BCUT2D eigenvalue weighted by atomic mass is 10.4. The van der Waals surface area contributed by atoms with Crippen molar-refractivity contribution in [2.45, 2.75) is 13.2 Å². The lowest BCUT2D eigenvalue weighted by Crippen LogP contribution is -2.02. The Morgan fingerprint density at radius 1 is 1.75 bits per heavy atom. The van der Waals surface area contributed by atoms with E-state index < -0.39 is 6.29 Å². The molecule has 1 rings (SSSR count).